The van der Waals surface area contributed by atoms with Gasteiger partial charge in [0.25, 0.3) is 0 Å². The van der Waals surface area contributed by atoms with Gasteiger partial charge in [-0.1, -0.05) is 13.8 Å². The number of nitrogens with one attached hydrogen (secondary N) is 1. The fraction of sp³-hybridized carbons (Fsp3) is 0.647. The van der Waals surface area contributed by atoms with Gasteiger partial charge in [0, 0.05) is 19.0 Å². The van der Waals surface area contributed by atoms with E-state index < -0.39 is 15.4 Å². The molecule has 2 N–H and O–H groups in total. The highest BCUT2D eigenvalue weighted by Gasteiger charge is 2.43. The number of urea groups is 1. The fourth-order valence-electron chi connectivity index (χ4n) is 3.60. The van der Waals surface area contributed by atoms with E-state index in [1.807, 2.05) is 0 Å². The lowest BCUT2D eigenvalue weighted by molar-refractivity contribution is 0.0675. The van der Waals surface area contributed by atoms with Gasteiger partial charge < -0.3 is 15.3 Å². The van der Waals surface area contributed by atoms with Crippen LogP contribution >= 0.6 is 0 Å². The second kappa shape index (κ2) is 7.70. The molecule has 1 aliphatic rings. The number of rotatable bonds is 6. The highest BCUT2D eigenvalue weighted by Crippen LogP contribution is 2.34. The highest BCUT2D eigenvalue weighted by molar-refractivity contribution is 7.90. The molecule has 2 heterocycles. The van der Waals surface area contributed by atoms with Crippen molar-refractivity contribution in [3.05, 3.63) is 24.0 Å². The van der Waals surface area contributed by atoms with Gasteiger partial charge in [0.1, 0.15) is 0 Å². The number of amides is 2. The van der Waals surface area contributed by atoms with Crippen LogP contribution in [0.3, 0.4) is 0 Å². The molecule has 7 nitrogen and oxygen atoms in total. The van der Waals surface area contributed by atoms with E-state index in [0.29, 0.717) is 18.2 Å². The molecule has 25 heavy (non-hydrogen) atoms. The zero-order chi connectivity index (χ0) is 18.7. The second-order valence-corrected chi connectivity index (χ2v) is 9.10. The summed E-state index contributed by atoms with van der Waals surface area (Å²) in [6, 6.07) is 2.75. The van der Waals surface area contributed by atoms with E-state index in [2.05, 4.69) is 24.1 Å². The van der Waals surface area contributed by atoms with Crippen LogP contribution in [0.5, 0.6) is 0 Å². The molecule has 1 aromatic rings. The summed E-state index contributed by atoms with van der Waals surface area (Å²) in [5, 5.41) is 12.7. The predicted molar refractivity (Wildman–Crippen MR) is 94.8 cm³/mol. The van der Waals surface area contributed by atoms with Gasteiger partial charge in [-0.05, 0) is 37.3 Å². The van der Waals surface area contributed by atoms with E-state index in [1.54, 1.807) is 11.0 Å². The first-order chi connectivity index (χ1) is 11.7. The molecular formula is C17H27N3O4S. The van der Waals surface area contributed by atoms with Crippen molar-refractivity contribution in [1.29, 1.82) is 0 Å². The number of hydrogen-bond acceptors (Lipinski definition) is 5. The maximum Gasteiger partial charge on any atom is 0.318 e. The van der Waals surface area contributed by atoms with Gasteiger partial charge >= 0.3 is 6.03 Å². The Bertz CT molecular complexity index is 720. The zero-order valence-corrected chi connectivity index (χ0v) is 15.8. The van der Waals surface area contributed by atoms with Crippen LogP contribution in [0, 0.1) is 5.92 Å². The van der Waals surface area contributed by atoms with Gasteiger partial charge in [-0.3, -0.25) is 4.98 Å². The quantitative estimate of drug-likeness (QED) is 0.793. The molecule has 140 valence electrons. The van der Waals surface area contributed by atoms with E-state index in [0.717, 1.165) is 25.5 Å². The minimum absolute atomic E-state index is 0.0295. The number of likely N-dealkylation sites (tertiary alicyclic amines) is 1. The van der Waals surface area contributed by atoms with Crippen molar-refractivity contribution in [2.45, 2.75) is 50.1 Å². The Labute approximate surface area is 149 Å². The zero-order valence-electron chi connectivity index (χ0n) is 15.0. The summed E-state index contributed by atoms with van der Waals surface area (Å²) in [4.78, 5) is 18.6. The van der Waals surface area contributed by atoms with Gasteiger partial charge in [-0.25, -0.2) is 13.2 Å². The van der Waals surface area contributed by atoms with Crippen LogP contribution in [0.1, 0.15) is 38.8 Å². The van der Waals surface area contributed by atoms with Crippen molar-refractivity contribution < 1.29 is 18.3 Å². The third-order valence-corrected chi connectivity index (χ3v) is 5.75. The Morgan fingerprint density at radius 3 is 2.80 bits per heavy atom. The van der Waals surface area contributed by atoms with Crippen LogP contribution in [0.2, 0.25) is 0 Å². The molecule has 0 spiro atoms. The molecule has 2 rings (SSSR count). The standard InChI is InChI=1S/C17H27N3O4S/c1-13(2)10-17(12-21)7-5-9-20(17)16(22)19-11-14-15(25(3,23)24)6-4-8-18-14/h4,6,8,13,21H,5,7,9-12H2,1-3H3,(H,19,22). The molecule has 1 saturated heterocycles. The number of carbonyl (C=O) groups is 1. The molecule has 0 saturated carbocycles. The maximum atomic E-state index is 12.7. The Balaban J connectivity index is 2.13. The smallest absolute Gasteiger partial charge is 0.318 e. The minimum Gasteiger partial charge on any atom is -0.394 e. The summed E-state index contributed by atoms with van der Waals surface area (Å²) >= 11 is 0. The lowest BCUT2D eigenvalue weighted by atomic mass is 9.87. The second-order valence-electron chi connectivity index (χ2n) is 7.11. The molecule has 0 radical (unpaired) electrons. The fourth-order valence-corrected chi connectivity index (χ4v) is 4.48. The largest absolute Gasteiger partial charge is 0.394 e. The molecule has 1 aliphatic heterocycles. The first kappa shape index (κ1) is 19.7. The summed E-state index contributed by atoms with van der Waals surface area (Å²) in [7, 11) is -3.41. The summed E-state index contributed by atoms with van der Waals surface area (Å²) < 4.78 is 23.7. The van der Waals surface area contributed by atoms with Crippen LogP contribution in [-0.2, 0) is 16.4 Å². The maximum absolute atomic E-state index is 12.7. The molecule has 2 amide bonds. The number of aliphatic hydroxyl groups excluding tert-OH is 1. The highest BCUT2D eigenvalue weighted by atomic mass is 32.2. The van der Waals surface area contributed by atoms with E-state index in [1.165, 1.54) is 12.3 Å². The number of sulfone groups is 1. The van der Waals surface area contributed by atoms with Crippen LogP contribution < -0.4 is 5.32 Å². The molecular weight excluding hydrogens is 342 g/mol. The number of carbonyl (C=O) groups excluding carboxylic acids is 1. The topological polar surface area (TPSA) is 99.6 Å². The SMILES string of the molecule is CC(C)CC1(CO)CCCN1C(=O)NCc1ncccc1S(C)(=O)=O. The van der Waals surface area contributed by atoms with Crippen molar-refractivity contribution >= 4 is 15.9 Å². The van der Waals surface area contributed by atoms with Crippen LogP contribution in [0.15, 0.2) is 23.2 Å². The van der Waals surface area contributed by atoms with Gasteiger partial charge in [-0.2, -0.15) is 0 Å². The first-order valence-electron chi connectivity index (χ1n) is 8.50. The minimum atomic E-state index is -3.41. The first-order valence-corrected chi connectivity index (χ1v) is 10.4. The van der Waals surface area contributed by atoms with Gasteiger partial charge in [0.15, 0.2) is 9.84 Å². The van der Waals surface area contributed by atoms with Gasteiger partial charge in [0.2, 0.25) is 0 Å². The molecule has 0 aliphatic carbocycles. The molecule has 1 aromatic heterocycles. The van der Waals surface area contributed by atoms with Crippen molar-refractivity contribution in [2.75, 3.05) is 19.4 Å². The Morgan fingerprint density at radius 2 is 2.20 bits per heavy atom. The molecule has 1 atom stereocenters. The lowest BCUT2D eigenvalue weighted by Gasteiger charge is -2.38. The van der Waals surface area contributed by atoms with Crippen molar-refractivity contribution in [2.24, 2.45) is 5.92 Å². The average Bonchev–Trinajstić information content (AvgIpc) is 2.95. The predicted octanol–water partition coefficient (Wildman–Crippen LogP) is 1.57. The monoisotopic (exact) mass is 369 g/mol. The number of aromatic nitrogens is 1. The van der Waals surface area contributed by atoms with Crippen molar-refractivity contribution in [1.82, 2.24) is 15.2 Å². The van der Waals surface area contributed by atoms with Crippen LogP contribution in [0.25, 0.3) is 0 Å². The molecule has 1 unspecified atom stereocenters. The Morgan fingerprint density at radius 1 is 1.48 bits per heavy atom. The average molecular weight is 369 g/mol. The van der Waals surface area contributed by atoms with Gasteiger partial charge in [0.05, 0.1) is 29.3 Å². The van der Waals surface area contributed by atoms with E-state index in [9.17, 15) is 18.3 Å². The Kier molecular flexibility index (Phi) is 6.05. The number of pyridine rings is 1. The summed E-state index contributed by atoms with van der Waals surface area (Å²) in [5.41, 5.74) is -0.224. The number of aliphatic hydroxyl groups is 1. The number of nitrogens with zero attached hydrogens (tertiary/aromatic N) is 2. The van der Waals surface area contributed by atoms with E-state index in [-0.39, 0.29) is 24.1 Å². The Hall–Kier alpha value is -1.67. The molecule has 1 fully saturated rings. The summed E-state index contributed by atoms with van der Waals surface area (Å²) in [6.45, 7) is 4.68. The third-order valence-electron chi connectivity index (χ3n) is 4.58. The van der Waals surface area contributed by atoms with Crippen LogP contribution in [-0.4, -0.2) is 54.4 Å². The third kappa shape index (κ3) is 4.49. The van der Waals surface area contributed by atoms with Crippen molar-refractivity contribution in [3.63, 3.8) is 0 Å². The van der Waals surface area contributed by atoms with E-state index >= 15 is 0 Å². The number of hydrogen-bond donors (Lipinski definition) is 2. The van der Waals surface area contributed by atoms with Crippen LogP contribution in [0.4, 0.5) is 4.79 Å². The van der Waals surface area contributed by atoms with E-state index in [4.69, 9.17) is 0 Å². The molecule has 0 aromatic carbocycles. The summed E-state index contributed by atoms with van der Waals surface area (Å²) in [5.74, 6) is 0.355. The molecule has 8 heteroatoms. The van der Waals surface area contributed by atoms with Gasteiger partial charge in [-0.15, -0.1) is 0 Å². The lowest BCUT2D eigenvalue weighted by Crippen LogP contribution is -2.54. The van der Waals surface area contributed by atoms with Crippen molar-refractivity contribution in [3.8, 4) is 0 Å². The molecule has 0 bridgehead atoms. The normalized spacial score (nSPS) is 20.9. The summed E-state index contributed by atoms with van der Waals surface area (Å²) in [6.07, 6.45) is 4.97.